The second-order valence-electron chi connectivity index (χ2n) is 30.3. The molecule has 0 aromatic heterocycles. The van der Waals surface area contributed by atoms with E-state index in [1.807, 2.05) is 45.1 Å². The molecule has 16 heterocycles. The molecule has 9 N–H and O–H groups in total. The highest BCUT2D eigenvalue weighted by Gasteiger charge is 2.65. The first-order valence-electron chi connectivity index (χ1n) is 34.4. The molecule has 0 unspecified atom stereocenters. The molecule has 0 aliphatic carbocycles. The molecule has 8 spiro atoms. The van der Waals surface area contributed by atoms with Gasteiger partial charge in [-0.05, 0) is 46.5 Å². The molecule has 16 fully saturated rings. The Balaban J connectivity index is 0.000000113. The van der Waals surface area contributed by atoms with E-state index in [0.717, 1.165) is 64.2 Å². The fourth-order valence-electron chi connectivity index (χ4n) is 15.7. The average molecular weight is 1320 g/mol. The first kappa shape index (κ1) is 69.4. The van der Waals surface area contributed by atoms with Gasteiger partial charge in [-0.2, -0.15) is 0 Å². The summed E-state index contributed by atoms with van der Waals surface area (Å²) in [5, 5.41) is 93.5. The summed E-state index contributed by atoms with van der Waals surface area (Å²) >= 11 is 0. The Morgan fingerprint density at radius 3 is 0.849 bits per heavy atom. The van der Waals surface area contributed by atoms with Crippen molar-refractivity contribution in [3.05, 3.63) is 48.6 Å². The highest BCUT2D eigenvalue weighted by atomic mass is 16.7. The van der Waals surface area contributed by atoms with E-state index in [0.29, 0.717) is 78.9 Å². The molecule has 0 aromatic carbocycles. The van der Waals surface area contributed by atoms with E-state index < -0.39 is 154 Å². The van der Waals surface area contributed by atoms with Crippen LogP contribution in [0.25, 0.3) is 0 Å². The second kappa shape index (κ2) is 26.2. The third-order valence-corrected chi connectivity index (χ3v) is 22.7. The Morgan fingerprint density at radius 2 is 0.570 bits per heavy atom. The molecular formula is C68H104O25. The summed E-state index contributed by atoms with van der Waals surface area (Å²) in [6.07, 6.45) is 14.5. The molecule has 0 saturated carbocycles. The number of hydrogen-bond donors (Lipinski definition) is 9. The normalized spacial score (nSPS) is 54.2. The van der Waals surface area contributed by atoms with Gasteiger partial charge in [-0.15, -0.1) is 0 Å². The van der Waals surface area contributed by atoms with Crippen molar-refractivity contribution in [1.82, 2.24) is 0 Å². The van der Waals surface area contributed by atoms with Gasteiger partial charge in [-0.3, -0.25) is 0 Å². The van der Waals surface area contributed by atoms with Gasteiger partial charge in [0, 0.05) is 51.4 Å². The molecule has 16 aliphatic rings. The van der Waals surface area contributed by atoms with Crippen molar-refractivity contribution in [2.45, 2.75) is 304 Å². The van der Waals surface area contributed by atoms with Crippen molar-refractivity contribution in [2.24, 2.45) is 0 Å². The number of epoxide rings is 8. The highest BCUT2D eigenvalue weighted by molar-refractivity contribution is 5.21. The molecule has 16 rings (SSSR count). The SMILES string of the molecule is CC1(C)C[C@@]2(CO2)[C@H](O)[C@@H](/C=C/[C@H]2O[C@](C)(CO)C[C@@]3(CO3)[C@@H]2O)O1.CC[C@@H]1C[C@]2(CO2)[C@@H](O)[C@H](/C=C/[C@@H]2O[C@H](CC)C[C@]3(CO3)[C@H]2O)O1.CC[C@H]1C[C@@]2(CO2)[C@H](O)[C@@H](/C=C/[C@H]2O[C@@H](CC)C[C@@]3(CO3)[C@@H]2O)O1.O[C@@H]1[C@@H](/C=C/[C@H]2OCC[C@@]3(CO3)[C@@H]2O)OCC[C@@]12CO2. The number of aliphatic hydroxyl groups excluding tert-OH is 9. The van der Waals surface area contributed by atoms with Gasteiger partial charge in [0.1, 0.15) is 142 Å². The van der Waals surface area contributed by atoms with Crippen molar-refractivity contribution in [1.29, 1.82) is 0 Å². The molecular weight excluding hydrogens is 1220 g/mol. The zero-order valence-corrected chi connectivity index (χ0v) is 55.0. The van der Waals surface area contributed by atoms with Crippen molar-refractivity contribution < 1.29 is 122 Å². The quantitative estimate of drug-likeness (QED) is 0.0923. The molecule has 526 valence electrons. The topological polar surface area (TPSA) is 356 Å². The van der Waals surface area contributed by atoms with E-state index in [9.17, 15) is 46.0 Å². The van der Waals surface area contributed by atoms with Crippen LogP contribution in [0.3, 0.4) is 0 Å². The summed E-state index contributed by atoms with van der Waals surface area (Å²) < 4.78 is 90.9. The summed E-state index contributed by atoms with van der Waals surface area (Å²) in [6, 6.07) is 0. The minimum atomic E-state index is -0.816. The summed E-state index contributed by atoms with van der Waals surface area (Å²) in [5.41, 5.74) is -4.90. The summed E-state index contributed by atoms with van der Waals surface area (Å²) in [4.78, 5) is 0. The standard InChI is InChI=1S/C18H28O7.2C18H28O6.C14H20O6/c1-15(2)6-17(9-22-17)13(20)11(24-15)4-5-12-14(21)18(10-23-18)7-16(3,8-19)25-12;2*1-3-11-7-17(9-21-17)15(19)13(23-11)5-6-14-16(20)18(10-22-18)8-12(4-2)24-14;15-11-9(17-5-3-13(11)7-19-13)1-2-10-12(16)14(8-20-14)4-6-18-10/h4-5,11-14,19-21H,6-10H2,1-3H3;2*5-6,11-16,19-20H,3-4,7-10H2,1-2H3;1-2,9-12,15-16H,3-8H2/b5-4+;2*6-5+;2-1+/t11-,12-,13-,14-,16+,17-,18-;2*11-,12-,13+,14+,15+,16+,17+,18+;9-,10-,11-,12-,13-,14-/m1101/s1. The van der Waals surface area contributed by atoms with Crippen LogP contribution in [0.4, 0.5) is 0 Å². The van der Waals surface area contributed by atoms with Crippen LogP contribution in [-0.4, -0.2) is 297 Å². The minimum Gasteiger partial charge on any atom is -0.393 e. The van der Waals surface area contributed by atoms with Crippen LogP contribution >= 0.6 is 0 Å². The van der Waals surface area contributed by atoms with E-state index in [4.69, 9.17) is 75.8 Å². The monoisotopic (exact) mass is 1320 g/mol. The van der Waals surface area contributed by atoms with Crippen LogP contribution in [0.5, 0.6) is 0 Å². The van der Waals surface area contributed by atoms with Gasteiger partial charge in [0.15, 0.2) is 0 Å². The Hall–Kier alpha value is -2.04. The van der Waals surface area contributed by atoms with E-state index in [1.165, 1.54) is 0 Å². The van der Waals surface area contributed by atoms with Crippen LogP contribution in [0.2, 0.25) is 0 Å². The zero-order chi connectivity index (χ0) is 65.8. The predicted molar refractivity (Wildman–Crippen MR) is 326 cm³/mol. The molecule has 29 atom stereocenters. The largest absolute Gasteiger partial charge is 0.393 e. The summed E-state index contributed by atoms with van der Waals surface area (Å²) in [7, 11) is 0. The van der Waals surface area contributed by atoms with Crippen molar-refractivity contribution >= 4 is 0 Å². The number of rotatable bonds is 13. The molecule has 25 heteroatoms. The minimum absolute atomic E-state index is 0.0873. The lowest BCUT2D eigenvalue weighted by atomic mass is 9.81. The lowest BCUT2D eigenvalue weighted by Gasteiger charge is -2.44. The Kier molecular flexibility index (Phi) is 19.5. The lowest BCUT2D eigenvalue weighted by molar-refractivity contribution is -0.193. The summed E-state index contributed by atoms with van der Waals surface area (Å²) in [5.74, 6) is 0. The van der Waals surface area contributed by atoms with Gasteiger partial charge in [0.25, 0.3) is 0 Å². The maximum atomic E-state index is 10.6. The van der Waals surface area contributed by atoms with E-state index in [1.54, 1.807) is 24.3 Å². The molecule has 0 bridgehead atoms. The zero-order valence-electron chi connectivity index (χ0n) is 55.0. The molecule has 93 heavy (non-hydrogen) atoms. The van der Waals surface area contributed by atoms with Crippen LogP contribution in [0.1, 0.15) is 126 Å². The maximum Gasteiger partial charge on any atom is 0.123 e. The van der Waals surface area contributed by atoms with Gasteiger partial charge in [-0.1, -0.05) is 76.3 Å². The first-order chi connectivity index (χ1) is 44.3. The lowest BCUT2D eigenvalue weighted by Crippen LogP contribution is -2.57. The van der Waals surface area contributed by atoms with Crippen molar-refractivity contribution in [2.75, 3.05) is 72.7 Å². The highest BCUT2D eigenvalue weighted by Crippen LogP contribution is 2.51. The second-order valence-corrected chi connectivity index (χ2v) is 30.3. The summed E-state index contributed by atoms with van der Waals surface area (Å²) in [6.45, 7) is 19.6. The van der Waals surface area contributed by atoms with Crippen LogP contribution in [0, 0.1) is 0 Å². The molecule has 0 amide bonds. The molecule has 16 saturated heterocycles. The van der Waals surface area contributed by atoms with Crippen LogP contribution in [0.15, 0.2) is 48.6 Å². The molecule has 16 aliphatic heterocycles. The fourth-order valence-corrected chi connectivity index (χ4v) is 15.7. The third-order valence-electron chi connectivity index (χ3n) is 22.7. The smallest absolute Gasteiger partial charge is 0.123 e. The molecule has 25 nitrogen and oxygen atoms in total. The van der Waals surface area contributed by atoms with E-state index in [-0.39, 0.29) is 31.0 Å². The van der Waals surface area contributed by atoms with Crippen molar-refractivity contribution in [3.8, 4) is 0 Å². The molecule has 0 aromatic rings. The fraction of sp³-hybridized carbons (Fsp3) is 0.882. The predicted octanol–water partition coefficient (Wildman–Crippen LogP) is 1.16. The van der Waals surface area contributed by atoms with Gasteiger partial charge < -0.3 is 122 Å². The van der Waals surface area contributed by atoms with Gasteiger partial charge in [0.2, 0.25) is 0 Å². The number of hydrogen-bond acceptors (Lipinski definition) is 25. The van der Waals surface area contributed by atoms with Crippen LogP contribution < -0.4 is 0 Å². The van der Waals surface area contributed by atoms with Crippen molar-refractivity contribution in [3.63, 3.8) is 0 Å². The average Bonchev–Trinajstić information content (AvgIpc) is 1.54. The molecule has 0 radical (unpaired) electrons. The number of aliphatic hydroxyl groups is 9. The van der Waals surface area contributed by atoms with Crippen LogP contribution in [-0.2, 0) is 75.8 Å². The Labute approximate surface area is 544 Å². The Morgan fingerprint density at radius 1 is 0.323 bits per heavy atom. The van der Waals surface area contributed by atoms with Gasteiger partial charge in [0.05, 0.1) is 108 Å². The third kappa shape index (κ3) is 14.3. The van der Waals surface area contributed by atoms with Gasteiger partial charge >= 0.3 is 0 Å². The van der Waals surface area contributed by atoms with Gasteiger partial charge in [-0.25, -0.2) is 0 Å². The Bertz CT molecular complexity index is 2470. The first-order valence-corrected chi connectivity index (χ1v) is 34.4. The van der Waals surface area contributed by atoms with E-state index in [2.05, 4.69) is 27.7 Å². The number of ether oxygens (including phenoxy) is 16. The van der Waals surface area contributed by atoms with E-state index >= 15 is 0 Å². The maximum absolute atomic E-state index is 10.6.